The maximum atomic E-state index is 13.1. The number of rotatable bonds is 2. The van der Waals surface area contributed by atoms with Gasteiger partial charge in [-0.25, -0.2) is 4.39 Å². The number of benzene rings is 1. The minimum Gasteiger partial charge on any atom is -0.338 e. The van der Waals surface area contributed by atoms with Crippen molar-refractivity contribution in [3.8, 4) is 0 Å². The fourth-order valence-corrected chi connectivity index (χ4v) is 3.03. The number of likely N-dealkylation sites (tertiary alicyclic amines) is 1. The predicted molar refractivity (Wildman–Crippen MR) is 76.1 cm³/mol. The second-order valence-electron chi connectivity index (χ2n) is 5.31. The number of halogens is 2. The zero-order chi connectivity index (χ0) is 14.3. The van der Waals surface area contributed by atoms with E-state index in [1.165, 1.54) is 6.07 Å². The van der Waals surface area contributed by atoms with E-state index >= 15 is 0 Å². The molecule has 0 spiro atoms. The summed E-state index contributed by atoms with van der Waals surface area (Å²) < 4.78 is 13.1. The summed E-state index contributed by atoms with van der Waals surface area (Å²) in [7, 11) is 0. The molecular weight excluding hydrogens is 301 g/mol. The van der Waals surface area contributed by atoms with Gasteiger partial charge in [-0.1, -0.05) is 0 Å². The molecule has 0 unspecified atom stereocenters. The van der Waals surface area contributed by atoms with Gasteiger partial charge in [0.15, 0.2) is 0 Å². The number of carbonyl (C=O) groups excluding carboxylic acids is 1. The van der Waals surface area contributed by atoms with Crippen molar-refractivity contribution in [3.05, 3.63) is 39.7 Å². The van der Waals surface area contributed by atoms with Gasteiger partial charge in [0.25, 0.3) is 11.6 Å². The SMILES string of the molecule is Cl.O=C(c1ccc(F)cc1[N+](=O)[O-])N1C[C@H]2CNC[C@H]2C1. The summed E-state index contributed by atoms with van der Waals surface area (Å²) in [6.45, 7) is 2.95. The smallest absolute Gasteiger partial charge is 0.285 e. The van der Waals surface area contributed by atoms with Gasteiger partial charge < -0.3 is 10.2 Å². The highest BCUT2D eigenvalue weighted by Gasteiger charge is 2.39. The Hall–Kier alpha value is -1.73. The number of fused-ring (bicyclic) bond motifs is 1. The Morgan fingerprint density at radius 1 is 1.33 bits per heavy atom. The Bertz CT molecular complexity index is 572. The molecule has 2 fully saturated rings. The summed E-state index contributed by atoms with van der Waals surface area (Å²) in [4.78, 5) is 24.3. The Kier molecular flexibility index (Phi) is 4.43. The van der Waals surface area contributed by atoms with E-state index in [9.17, 15) is 19.3 Å². The average molecular weight is 316 g/mol. The van der Waals surface area contributed by atoms with Crippen LogP contribution in [0.4, 0.5) is 10.1 Å². The lowest BCUT2D eigenvalue weighted by molar-refractivity contribution is -0.385. The number of nitrogens with zero attached hydrogens (tertiary/aromatic N) is 2. The fraction of sp³-hybridized carbons (Fsp3) is 0.462. The third-order valence-electron chi connectivity index (χ3n) is 4.06. The molecule has 2 heterocycles. The van der Waals surface area contributed by atoms with Gasteiger partial charge >= 0.3 is 0 Å². The molecule has 114 valence electrons. The van der Waals surface area contributed by atoms with Crippen LogP contribution < -0.4 is 5.32 Å². The monoisotopic (exact) mass is 315 g/mol. The van der Waals surface area contributed by atoms with Gasteiger partial charge in [0.2, 0.25) is 0 Å². The first-order valence-corrected chi connectivity index (χ1v) is 6.50. The lowest BCUT2D eigenvalue weighted by Gasteiger charge is -2.17. The van der Waals surface area contributed by atoms with Crippen LogP contribution in [0.3, 0.4) is 0 Å². The van der Waals surface area contributed by atoms with Gasteiger partial charge in [0.05, 0.1) is 11.0 Å². The maximum Gasteiger partial charge on any atom is 0.285 e. The van der Waals surface area contributed by atoms with Gasteiger partial charge in [0, 0.05) is 26.2 Å². The largest absolute Gasteiger partial charge is 0.338 e. The molecule has 1 aromatic carbocycles. The summed E-state index contributed by atoms with van der Waals surface area (Å²) >= 11 is 0. The molecule has 0 bridgehead atoms. The molecule has 6 nitrogen and oxygen atoms in total. The Morgan fingerprint density at radius 2 is 1.95 bits per heavy atom. The molecule has 2 aliphatic heterocycles. The van der Waals surface area contributed by atoms with Crippen molar-refractivity contribution in [2.75, 3.05) is 26.2 Å². The number of amides is 1. The third kappa shape index (κ3) is 2.84. The molecular formula is C13H15ClFN3O3. The van der Waals surface area contributed by atoms with Crippen LogP contribution >= 0.6 is 12.4 Å². The molecule has 2 saturated heterocycles. The van der Waals surface area contributed by atoms with Crippen molar-refractivity contribution in [1.82, 2.24) is 10.2 Å². The predicted octanol–water partition coefficient (Wildman–Crippen LogP) is 1.45. The summed E-state index contributed by atoms with van der Waals surface area (Å²) in [5, 5.41) is 14.2. The van der Waals surface area contributed by atoms with Gasteiger partial charge in [-0.05, 0) is 24.0 Å². The Morgan fingerprint density at radius 3 is 2.52 bits per heavy atom. The quantitative estimate of drug-likeness (QED) is 0.662. The van der Waals surface area contributed by atoms with Crippen molar-refractivity contribution >= 4 is 24.0 Å². The van der Waals surface area contributed by atoms with Crippen LogP contribution in [0.25, 0.3) is 0 Å². The highest BCUT2D eigenvalue weighted by molar-refractivity contribution is 5.98. The highest BCUT2D eigenvalue weighted by atomic mass is 35.5. The number of nitrogens with one attached hydrogen (secondary N) is 1. The molecule has 2 aliphatic rings. The average Bonchev–Trinajstić information content (AvgIpc) is 2.98. The number of nitro benzene ring substituents is 1. The molecule has 1 aromatic rings. The van der Waals surface area contributed by atoms with Crippen LogP contribution in [0.1, 0.15) is 10.4 Å². The number of nitro groups is 1. The zero-order valence-electron chi connectivity index (χ0n) is 11.1. The minimum absolute atomic E-state index is 0. The van der Waals surface area contributed by atoms with E-state index in [1.54, 1.807) is 4.90 Å². The molecule has 0 saturated carbocycles. The molecule has 0 radical (unpaired) electrons. The van der Waals surface area contributed by atoms with E-state index in [2.05, 4.69) is 5.32 Å². The molecule has 8 heteroatoms. The topological polar surface area (TPSA) is 75.5 Å². The zero-order valence-corrected chi connectivity index (χ0v) is 11.9. The van der Waals surface area contributed by atoms with E-state index in [4.69, 9.17) is 0 Å². The number of hydrogen-bond acceptors (Lipinski definition) is 4. The fourth-order valence-electron chi connectivity index (χ4n) is 3.03. The lowest BCUT2D eigenvalue weighted by Crippen LogP contribution is -2.32. The summed E-state index contributed by atoms with van der Waals surface area (Å²) in [6, 6.07) is 3.08. The summed E-state index contributed by atoms with van der Waals surface area (Å²) in [5.41, 5.74) is -0.505. The van der Waals surface area contributed by atoms with E-state index in [1.807, 2.05) is 0 Å². The standard InChI is InChI=1S/C13H14FN3O3.ClH/c14-10-1-2-11(12(3-10)17(19)20)13(18)16-6-8-4-15-5-9(8)7-16;/h1-3,8-9,15H,4-7H2;1H/t8-,9+;. The second kappa shape index (κ2) is 5.95. The van der Waals surface area contributed by atoms with E-state index in [0.717, 1.165) is 25.2 Å². The molecule has 1 amide bonds. The van der Waals surface area contributed by atoms with Crippen molar-refractivity contribution in [2.45, 2.75) is 0 Å². The first-order valence-electron chi connectivity index (χ1n) is 6.50. The molecule has 2 atom stereocenters. The van der Waals surface area contributed by atoms with Crippen LogP contribution in [-0.2, 0) is 0 Å². The first kappa shape index (κ1) is 15.7. The van der Waals surface area contributed by atoms with Crippen molar-refractivity contribution in [2.24, 2.45) is 11.8 Å². The highest BCUT2D eigenvalue weighted by Crippen LogP contribution is 2.29. The van der Waals surface area contributed by atoms with Gasteiger partial charge in [0.1, 0.15) is 11.4 Å². The van der Waals surface area contributed by atoms with Crippen molar-refractivity contribution in [1.29, 1.82) is 0 Å². The van der Waals surface area contributed by atoms with Crippen LogP contribution in [0.2, 0.25) is 0 Å². The van der Waals surface area contributed by atoms with Crippen LogP contribution in [0.15, 0.2) is 18.2 Å². The summed E-state index contributed by atoms with van der Waals surface area (Å²) in [6.07, 6.45) is 0. The van der Waals surface area contributed by atoms with Crippen LogP contribution in [0.5, 0.6) is 0 Å². The summed E-state index contributed by atoms with van der Waals surface area (Å²) in [5.74, 6) is -0.265. The van der Waals surface area contributed by atoms with Gasteiger partial charge in [-0.15, -0.1) is 12.4 Å². The van der Waals surface area contributed by atoms with Crippen molar-refractivity contribution in [3.63, 3.8) is 0 Å². The maximum absolute atomic E-state index is 13.1. The van der Waals surface area contributed by atoms with Gasteiger partial charge in [-0.3, -0.25) is 14.9 Å². The van der Waals surface area contributed by atoms with E-state index in [0.29, 0.717) is 24.9 Å². The van der Waals surface area contributed by atoms with E-state index < -0.39 is 16.4 Å². The van der Waals surface area contributed by atoms with Crippen molar-refractivity contribution < 1.29 is 14.1 Å². The first-order chi connectivity index (χ1) is 9.56. The normalized spacial score (nSPS) is 23.6. The van der Waals surface area contributed by atoms with Gasteiger partial charge in [-0.2, -0.15) is 0 Å². The second-order valence-corrected chi connectivity index (χ2v) is 5.31. The number of carbonyl (C=O) groups is 1. The minimum atomic E-state index is -0.714. The number of hydrogen-bond donors (Lipinski definition) is 1. The van der Waals surface area contributed by atoms with Crippen LogP contribution in [-0.4, -0.2) is 41.9 Å². The molecule has 21 heavy (non-hydrogen) atoms. The Labute approximate surface area is 126 Å². The molecule has 1 N–H and O–H groups in total. The van der Waals surface area contributed by atoms with Crippen LogP contribution in [0, 0.1) is 27.8 Å². The Balaban J connectivity index is 0.00000161. The molecule has 0 aliphatic carbocycles. The third-order valence-corrected chi connectivity index (χ3v) is 4.06. The van der Waals surface area contributed by atoms with E-state index in [-0.39, 0.29) is 23.9 Å². The molecule has 3 rings (SSSR count). The molecule has 0 aromatic heterocycles. The lowest BCUT2D eigenvalue weighted by atomic mass is 10.0.